The Morgan fingerprint density at radius 3 is 2.11 bits per heavy atom. The van der Waals surface area contributed by atoms with E-state index in [9.17, 15) is 18.0 Å². The predicted octanol–water partition coefficient (Wildman–Crippen LogP) is 3.28. The van der Waals surface area contributed by atoms with E-state index in [1.54, 1.807) is 13.8 Å². The average Bonchev–Trinajstić information content (AvgIpc) is 2.35. The molecule has 0 aliphatic rings. The molecule has 0 amide bonds. The van der Waals surface area contributed by atoms with Crippen LogP contribution >= 0.6 is 0 Å². The van der Waals surface area contributed by atoms with Gasteiger partial charge in [0.15, 0.2) is 0 Å². The summed E-state index contributed by atoms with van der Waals surface area (Å²) in [6.07, 6.45) is -4.37. The maximum Gasteiger partial charge on any atom is 0.416 e. The minimum absolute atomic E-state index is 0.0189. The summed E-state index contributed by atoms with van der Waals surface area (Å²) in [7, 11) is 1.27. The molecule has 0 heterocycles. The quantitative estimate of drug-likeness (QED) is 0.792. The van der Waals surface area contributed by atoms with E-state index in [0.717, 1.165) is 12.1 Å². The Balaban J connectivity index is 2.67. The second-order valence-corrected chi connectivity index (χ2v) is 4.69. The van der Waals surface area contributed by atoms with E-state index >= 15 is 0 Å². The van der Waals surface area contributed by atoms with Crippen LogP contribution in [0.4, 0.5) is 13.2 Å². The molecular formula is C13H15F3O3. The summed E-state index contributed by atoms with van der Waals surface area (Å²) in [5.41, 5.74) is -1.61. The number of hydrogen-bond donors (Lipinski definition) is 0. The molecule has 1 aromatic carbocycles. The Labute approximate surface area is 109 Å². The largest absolute Gasteiger partial charge is 0.492 e. The average molecular weight is 276 g/mol. The van der Waals surface area contributed by atoms with Crippen LogP contribution in [0, 0.1) is 5.41 Å². The maximum atomic E-state index is 12.3. The van der Waals surface area contributed by atoms with Gasteiger partial charge in [0.25, 0.3) is 0 Å². The second kappa shape index (κ2) is 5.50. The Morgan fingerprint density at radius 1 is 1.16 bits per heavy atom. The fraction of sp³-hybridized carbons (Fsp3) is 0.462. The standard InChI is InChI=1S/C13H15F3O3/c1-12(2,11(17)18-3)8-19-10-6-4-9(5-7-10)13(14,15)16/h4-7H,8H2,1-3H3. The van der Waals surface area contributed by atoms with Crippen LogP contribution < -0.4 is 4.74 Å². The Morgan fingerprint density at radius 2 is 1.68 bits per heavy atom. The number of esters is 1. The zero-order valence-electron chi connectivity index (χ0n) is 10.9. The molecule has 0 bridgehead atoms. The van der Waals surface area contributed by atoms with Crippen molar-refractivity contribution in [3.8, 4) is 5.75 Å². The molecule has 0 atom stereocenters. The van der Waals surface area contributed by atoms with Crippen molar-refractivity contribution in [2.45, 2.75) is 20.0 Å². The van der Waals surface area contributed by atoms with Crippen molar-refractivity contribution >= 4 is 5.97 Å². The van der Waals surface area contributed by atoms with Gasteiger partial charge in [0.1, 0.15) is 12.4 Å². The van der Waals surface area contributed by atoms with Gasteiger partial charge in [-0.2, -0.15) is 13.2 Å². The number of rotatable bonds is 4. The lowest BCUT2D eigenvalue weighted by Gasteiger charge is -2.21. The lowest BCUT2D eigenvalue weighted by molar-refractivity contribution is -0.152. The highest BCUT2D eigenvalue weighted by Gasteiger charge is 2.31. The third-order valence-corrected chi connectivity index (χ3v) is 2.52. The first kappa shape index (κ1) is 15.3. The number of benzene rings is 1. The van der Waals surface area contributed by atoms with Gasteiger partial charge in [-0.3, -0.25) is 4.79 Å². The van der Waals surface area contributed by atoms with E-state index < -0.39 is 23.1 Å². The number of halogens is 3. The number of carbonyl (C=O) groups excluding carboxylic acids is 1. The summed E-state index contributed by atoms with van der Waals surface area (Å²) < 4.78 is 46.9. The molecule has 106 valence electrons. The minimum Gasteiger partial charge on any atom is -0.492 e. The highest BCUT2D eigenvalue weighted by molar-refractivity contribution is 5.75. The fourth-order valence-electron chi connectivity index (χ4n) is 1.34. The van der Waals surface area contributed by atoms with Crippen molar-refractivity contribution in [1.29, 1.82) is 0 Å². The zero-order valence-corrected chi connectivity index (χ0v) is 10.9. The molecule has 0 saturated carbocycles. The molecule has 0 radical (unpaired) electrons. The number of ether oxygens (including phenoxy) is 2. The van der Waals surface area contributed by atoms with E-state index in [4.69, 9.17) is 4.74 Å². The molecule has 0 saturated heterocycles. The molecule has 0 aromatic heterocycles. The van der Waals surface area contributed by atoms with E-state index in [1.165, 1.54) is 19.2 Å². The molecule has 0 N–H and O–H groups in total. The lowest BCUT2D eigenvalue weighted by atomic mass is 9.95. The third-order valence-electron chi connectivity index (χ3n) is 2.52. The summed E-state index contributed by atoms with van der Waals surface area (Å²) in [4.78, 5) is 11.4. The van der Waals surface area contributed by atoms with E-state index in [2.05, 4.69) is 4.74 Å². The van der Waals surface area contributed by atoms with Gasteiger partial charge >= 0.3 is 12.1 Å². The topological polar surface area (TPSA) is 35.5 Å². The monoisotopic (exact) mass is 276 g/mol. The molecule has 1 rings (SSSR count). The van der Waals surface area contributed by atoms with Gasteiger partial charge < -0.3 is 9.47 Å². The molecule has 0 unspecified atom stereocenters. The van der Waals surface area contributed by atoms with Gasteiger partial charge in [-0.1, -0.05) is 0 Å². The zero-order chi connectivity index (χ0) is 14.7. The van der Waals surface area contributed by atoms with Crippen molar-refractivity contribution in [2.75, 3.05) is 13.7 Å². The van der Waals surface area contributed by atoms with Gasteiger partial charge in [0.2, 0.25) is 0 Å². The van der Waals surface area contributed by atoms with E-state index in [1.807, 2.05) is 0 Å². The van der Waals surface area contributed by atoms with Crippen LogP contribution in [0.1, 0.15) is 19.4 Å². The molecule has 0 spiro atoms. The molecule has 3 nitrogen and oxygen atoms in total. The summed E-state index contributed by atoms with van der Waals surface area (Å²) in [5, 5.41) is 0. The van der Waals surface area contributed by atoms with Gasteiger partial charge in [0.05, 0.1) is 18.1 Å². The Kier molecular flexibility index (Phi) is 4.44. The summed E-state index contributed by atoms with van der Waals surface area (Å²) in [5.74, 6) is -0.176. The number of alkyl halides is 3. The van der Waals surface area contributed by atoms with Gasteiger partial charge in [0, 0.05) is 0 Å². The van der Waals surface area contributed by atoms with E-state index in [0.29, 0.717) is 0 Å². The molecule has 0 fully saturated rings. The summed E-state index contributed by atoms with van der Waals surface area (Å²) in [6.45, 7) is 3.27. The number of carbonyl (C=O) groups is 1. The first-order valence-corrected chi connectivity index (χ1v) is 5.55. The van der Waals surface area contributed by atoms with Crippen LogP contribution in [0.5, 0.6) is 5.75 Å². The van der Waals surface area contributed by atoms with Crippen molar-refractivity contribution in [2.24, 2.45) is 5.41 Å². The Hall–Kier alpha value is -1.72. The van der Waals surface area contributed by atoms with Crippen LogP contribution in [-0.4, -0.2) is 19.7 Å². The predicted molar refractivity (Wildman–Crippen MR) is 62.7 cm³/mol. The van der Waals surface area contributed by atoms with Crippen molar-refractivity contribution in [3.63, 3.8) is 0 Å². The molecular weight excluding hydrogens is 261 g/mol. The van der Waals surface area contributed by atoms with Crippen LogP contribution in [0.2, 0.25) is 0 Å². The first-order chi connectivity index (χ1) is 8.66. The third kappa shape index (κ3) is 4.15. The highest BCUT2D eigenvalue weighted by Crippen LogP contribution is 2.30. The second-order valence-electron chi connectivity index (χ2n) is 4.69. The fourth-order valence-corrected chi connectivity index (χ4v) is 1.34. The summed E-state index contributed by atoms with van der Waals surface area (Å²) >= 11 is 0. The normalized spacial score (nSPS) is 12.1. The van der Waals surface area contributed by atoms with Crippen LogP contribution in [-0.2, 0) is 15.7 Å². The molecule has 19 heavy (non-hydrogen) atoms. The van der Waals surface area contributed by atoms with Crippen molar-refractivity contribution in [1.82, 2.24) is 0 Å². The van der Waals surface area contributed by atoms with Gasteiger partial charge in [-0.05, 0) is 38.1 Å². The molecule has 1 aromatic rings. The Bertz CT molecular complexity index is 435. The van der Waals surface area contributed by atoms with Gasteiger partial charge in [-0.25, -0.2) is 0 Å². The number of hydrogen-bond acceptors (Lipinski definition) is 3. The molecule has 6 heteroatoms. The van der Waals surface area contributed by atoms with Crippen molar-refractivity contribution in [3.05, 3.63) is 29.8 Å². The van der Waals surface area contributed by atoms with Crippen molar-refractivity contribution < 1.29 is 27.4 Å². The lowest BCUT2D eigenvalue weighted by Crippen LogP contribution is -2.32. The maximum absolute atomic E-state index is 12.3. The van der Waals surface area contributed by atoms with Crippen LogP contribution in [0.3, 0.4) is 0 Å². The highest BCUT2D eigenvalue weighted by atomic mass is 19.4. The SMILES string of the molecule is COC(=O)C(C)(C)COc1ccc(C(F)(F)F)cc1. The molecule has 0 aliphatic heterocycles. The van der Waals surface area contributed by atoms with E-state index in [-0.39, 0.29) is 12.4 Å². The van der Waals surface area contributed by atoms with Gasteiger partial charge in [-0.15, -0.1) is 0 Å². The van der Waals surface area contributed by atoms with Crippen LogP contribution in [0.15, 0.2) is 24.3 Å². The van der Waals surface area contributed by atoms with Crippen LogP contribution in [0.25, 0.3) is 0 Å². The molecule has 0 aliphatic carbocycles. The summed E-state index contributed by atoms with van der Waals surface area (Å²) in [6, 6.07) is 4.30. The number of methoxy groups -OCH3 is 1. The smallest absolute Gasteiger partial charge is 0.416 e. The minimum atomic E-state index is -4.37. The first-order valence-electron chi connectivity index (χ1n) is 5.55.